The van der Waals surface area contributed by atoms with Crippen LogP contribution in [0.15, 0.2) is 30.3 Å². The normalized spacial score (nSPS) is 14.3. The lowest BCUT2D eigenvalue weighted by Crippen LogP contribution is -2.32. The van der Waals surface area contributed by atoms with Gasteiger partial charge >= 0.3 is 0 Å². The number of hydrogen-bond donors (Lipinski definition) is 1. The minimum Gasteiger partial charge on any atom is -0.496 e. The van der Waals surface area contributed by atoms with Crippen LogP contribution in [-0.4, -0.2) is 56.7 Å². The zero-order chi connectivity index (χ0) is 20.8. The third-order valence-corrected chi connectivity index (χ3v) is 6.08. The maximum atomic E-state index is 13.0. The number of benzene rings is 2. The molecule has 0 spiro atoms. The number of hydrogen-bond acceptors (Lipinski definition) is 6. The lowest BCUT2D eigenvalue weighted by molar-refractivity contribution is 0.102. The second kappa shape index (κ2) is 9.89. The van der Waals surface area contributed by atoms with Crippen LogP contribution in [0.5, 0.6) is 17.2 Å². The predicted octanol–water partition coefficient (Wildman–Crippen LogP) is 3.82. The molecule has 1 N–H and O–H groups in total. The summed E-state index contributed by atoms with van der Waals surface area (Å²) in [6.07, 6.45) is 0. The highest BCUT2D eigenvalue weighted by Gasteiger charge is 2.19. The van der Waals surface area contributed by atoms with Gasteiger partial charge < -0.3 is 19.5 Å². The molecule has 0 bridgehead atoms. The van der Waals surface area contributed by atoms with Crippen LogP contribution >= 0.6 is 11.8 Å². The first-order valence-corrected chi connectivity index (χ1v) is 10.7. The number of anilines is 1. The molecule has 1 aliphatic heterocycles. The zero-order valence-corrected chi connectivity index (χ0v) is 18.2. The van der Waals surface area contributed by atoms with E-state index in [1.165, 1.54) is 24.2 Å². The Balaban J connectivity index is 1.82. The van der Waals surface area contributed by atoms with Crippen LogP contribution in [0.25, 0.3) is 0 Å². The van der Waals surface area contributed by atoms with Crippen LogP contribution in [-0.2, 0) is 6.54 Å². The molecule has 1 heterocycles. The molecule has 0 aromatic heterocycles. The summed E-state index contributed by atoms with van der Waals surface area (Å²) in [5, 5.41) is 3.03. The topological polar surface area (TPSA) is 60.0 Å². The summed E-state index contributed by atoms with van der Waals surface area (Å²) >= 11 is 2.00. The molecule has 7 heteroatoms. The van der Waals surface area contributed by atoms with Crippen LogP contribution in [0.3, 0.4) is 0 Å². The van der Waals surface area contributed by atoms with Crippen molar-refractivity contribution in [3.8, 4) is 17.2 Å². The van der Waals surface area contributed by atoms with Gasteiger partial charge in [-0.2, -0.15) is 11.8 Å². The Hall–Kier alpha value is -2.38. The first kappa shape index (κ1) is 21.3. The summed E-state index contributed by atoms with van der Waals surface area (Å²) in [6.45, 7) is 5.15. The largest absolute Gasteiger partial charge is 0.496 e. The highest BCUT2D eigenvalue weighted by Crippen LogP contribution is 2.35. The van der Waals surface area contributed by atoms with Gasteiger partial charge in [0.15, 0.2) is 11.5 Å². The Morgan fingerprint density at radius 1 is 1.03 bits per heavy atom. The van der Waals surface area contributed by atoms with Crippen molar-refractivity contribution in [1.29, 1.82) is 0 Å². The molecular formula is C22H28N2O4S. The molecule has 1 saturated heterocycles. The lowest BCUT2D eigenvalue weighted by Gasteiger charge is -2.27. The van der Waals surface area contributed by atoms with Crippen molar-refractivity contribution in [2.75, 3.05) is 51.2 Å². The molecule has 2 aromatic rings. The standard InChI is InChI=1S/C22H28N2O4S/c1-15-16(14-24-8-10-29-11-9-24)6-5-7-18(15)23-22(25)17-12-20(27-3)21(28-4)13-19(17)26-2/h5-7,12-13H,8-11,14H2,1-4H3,(H,23,25). The van der Waals surface area contributed by atoms with E-state index in [4.69, 9.17) is 14.2 Å². The highest BCUT2D eigenvalue weighted by atomic mass is 32.2. The summed E-state index contributed by atoms with van der Waals surface area (Å²) in [6, 6.07) is 9.34. The van der Waals surface area contributed by atoms with Crippen LogP contribution in [0.2, 0.25) is 0 Å². The van der Waals surface area contributed by atoms with E-state index in [1.54, 1.807) is 26.4 Å². The molecule has 1 amide bonds. The number of carbonyl (C=O) groups is 1. The Morgan fingerprint density at radius 2 is 1.69 bits per heavy atom. The monoisotopic (exact) mass is 416 g/mol. The van der Waals surface area contributed by atoms with Gasteiger partial charge in [0.25, 0.3) is 5.91 Å². The van der Waals surface area contributed by atoms with E-state index in [9.17, 15) is 4.79 Å². The van der Waals surface area contributed by atoms with Crippen molar-refractivity contribution in [3.63, 3.8) is 0 Å². The van der Waals surface area contributed by atoms with E-state index in [2.05, 4.69) is 23.2 Å². The fourth-order valence-electron chi connectivity index (χ4n) is 3.39. The second-order valence-corrected chi connectivity index (χ2v) is 8.06. The van der Waals surface area contributed by atoms with E-state index < -0.39 is 0 Å². The van der Waals surface area contributed by atoms with Gasteiger partial charge in [-0.3, -0.25) is 9.69 Å². The number of ether oxygens (including phenoxy) is 3. The molecule has 0 radical (unpaired) electrons. The molecule has 156 valence electrons. The van der Waals surface area contributed by atoms with E-state index in [0.717, 1.165) is 30.9 Å². The lowest BCUT2D eigenvalue weighted by atomic mass is 10.1. The average Bonchev–Trinajstić information content (AvgIpc) is 2.76. The summed E-state index contributed by atoms with van der Waals surface area (Å²) in [5.41, 5.74) is 3.51. The Kier molecular flexibility index (Phi) is 7.28. The number of thioether (sulfide) groups is 1. The summed E-state index contributed by atoms with van der Waals surface area (Å²) in [4.78, 5) is 15.5. The Morgan fingerprint density at radius 3 is 2.34 bits per heavy atom. The first-order valence-electron chi connectivity index (χ1n) is 9.57. The van der Waals surface area contributed by atoms with Gasteiger partial charge in [0.2, 0.25) is 0 Å². The molecule has 6 nitrogen and oxygen atoms in total. The SMILES string of the molecule is COc1cc(OC)c(C(=O)Nc2cccc(CN3CCSCC3)c2C)cc1OC. The highest BCUT2D eigenvalue weighted by molar-refractivity contribution is 7.99. The van der Waals surface area contributed by atoms with Crippen molar-refractivity contribution in [2.45, 2.75) is 13.5 Å². The van der Waals surface area contributed by atoms with Crippen molar-refractivity contribution < 1.29 is 19.0 Å². The fraction of sp³-hybridized carbons (Fsp3) is 0.409. The molecular weight excluding hydrogens is 388 g/mol. The van der Waals surface area contributed by atoms with Gasteiger partial charge in [-0.15, -0.1) is 0 Å². The van der Waals surface area contributed by atoms with Crippen molar-refractivity contribution in [1.82, 2.24) is 4.90 Å². The molecule has 1 aliphatic rings. The summed E-state index contributed by atoms with van der Waals surface area (Å²) < 4.78 is 16.0. The van der Waals surface area contributed by atoms with E-state index in [-0.39, 0.29) is 5.91 Å². The van der Waals surface area contributed by atoms with Gasteiger partial charge in [0, 0.05) is 49.0 Å². The van der Waals surface area contributed by atoms with Crippen molar-refractivity contribution in [3.05, 3.63) is 47.0 Å². The second-order valence-electron chi connectivity index (χ2n) is 6.84. The maximum absolute atomic E-state index is 13.0. The number of nitrogens with zero attached hydrogens (tertiary/aromatic N) is 1. The number of nitrogens with one attached hydrogen (secondary N) is 1. The molecule has 0 saturated carbocycles. The van der Waals surface area contributed by atoms with E-state index in [1.807, 2.05) is 23.9 Å². The quantitative estimate of drug-likeness (QED) is 0.740. The number of methoxy groups -OCH3 is 3. The maximum Gasteiger partial charge on any atom is 0.259 e. The predicted molar refractivity (Wildman–Crippen MR) is 118 cm³/mol. The number of carbonyl (C=O) groups excluding carboxylic acids is 1. The minimum absolute atomic E-state index is 0.252. The van der Waals surface area contributed by atoms with Crippen LogP contribution < -0.4 is 19.5 Å². The Bertz CT molecular complexity index is 866. The Labute approximate surface area is 176 Å². The van der Waals surface area contributed by atoms with Gasteiger partial charge in [0.05, 0.1) is 26.9 Å². The van der Waals surface area contributed by atoms with Gasteiger partial charge in [0.1, 0.15) is 5.75 Å². The molecule has 1 fully saturated rings. The minimum atomic E-state index is -0.252. The fourth-order valence-corrected chi connectivity index (χ4v) is 4.37. The molecule has 0 unspecified atom stereocenters. The molecule has 0 aliphatic carbocycles. The number of amides is 1. The third kappa shape index (κ3) is 4.97. The third-order valence-electron chi connectivity index (χ3n) is 5.14. The average molecular weight is 417 g/mol. The van der Waals surface area contributed by atoms with Crippen LogP contribution in [0.1, 0.15) is 21.5 Å². The first-order chi connectivity index (χ1) is 14.1. The van der Waals surface area contributed by atoms with Crippen molar-refractivity contribution in [2.24, 2.45) is 0 Å². The molecule has 29 heavy (non-hydrogen) atoms. The van der Waals surface area contributed by atoms with Gasteiger partial charge in [-0.25, -0.2) is 0 Å². The van der Waals surface area contributed by atoms with Gasteiger partial charge in [-0.05, 0) is 24.1 Å². The summed E-state index contributed by atoms with van der Waals surface area (Å²) in [7, 11) is 4.62. The molecule has 3 rings (SSSR count). The van der Waals surface area contributed by atoms with Crippen LogP contribution in [0.4, 0.5) is 5.69 Å². The van der Waals surface area contributed by atoms with E-state index >= 15 is 0 Å². The zero-order valence-electron chi connectivity index (χ0n) is 17.4. The van der Waals surface area contributed by atoms with E-state index in [0.29, 0.717) is 22.8 Å². The van der Waals surface area contributed by atoms with Crippen molar-refractivity contribution >= 4 is 23.4 Å². The number of rotatable bonds is 7. The molecule has 0 atom stereocenters. The smallest absolute Gasteiger partial charge is 0.259 e. The molecule has 2 aromatic carbocycles. The summed E-state index contributed by atoms with van der Waals surface area (Å²) in [5.74, 6) is 3.52. The van der Waals surface area contributed by atoms with Gasteiger partial charge in [-0.1, -0.05) is 12.1 Å². The van der Waals surface area contributed by atoms with Crippen LogP contribution in [0, 0.1) is 6.92 Å².